The summed E-state index contributed by atoms with van der Waals surface area (Å²) in [6.07, 6.45) is 0.958. The van der Waals surface area contributed by atoms with Gasteiger partial charge in [-0.1, -0.05) is 54.1 Å². The molecular formula is C19H19ClN2O2. The van der Waals surface area contributed by atoms with Gasteiger partial charge in [-0.3, -0.25) is 9.59 Å². The second-order valence-electron chi connectivity index (χ2n) is 5.93. The molecule has 2 aromatic carbocycles. The second-order valence-corrected chi connectivity index (χ2v) is 6.37. The third-order valence-electron chi connectivity index (χ3n) is 4.25. The lowest BCUT2D eigenvalue weighted by Gasteiger charge is -2.19. The van der Waals surface area contributed by atoms with E-state index in [2.05, 4.69) is 10.6 Å². The molecule has 5 heteroatoms. The van der Waals surface area contributed by atoms with Crippen LogP contribution in [0.25, 0.3) is 0 Å². The zero-order valence-corrected chi connectivity index (χ0v) is 13.9. The number of carbonyl (C=O) groups excluding carboxylic acids is 2. The molecule has 0 aromatic heterocycles. The first-order valence-corrected chi connectivity index (χ1v) is 8.38. The fourth-order valence-corrected chi connectivity index (χ4v) is 3.11. The summed E-state index contributed by atoms with van der Waals surface area (Å²) in [5.74, 6) is -0.539. The third kappa shape index (κ3) is 3.95. The van der Waals surface area contributed by atoms with Crippen LogP contribution in [0.15, 0.2) is 54.6 Å². The SMILES string of the molecule is O=C1C[C@@H](C(=O)NCCc2ccc(Cl)cc2)[C@H](c2ccccc2)N1. The lowest BCUT2D eigenvalue weighted by Crippen LogP contribution is -2.35. The van der Waals surface area contributed by atoms with Crippen molar-refractivity contribution in [3.63, 3.8) is 0 Å². The molecule has 124 valence electrons. The highest BCUT2D eigenvalue weighted by Gasteiger charge is 2.38. The summed E-state index contributed by atoms with van der Waals surface area (Å²) >= 11 is 5.86. The van der Waals surface area contributed by atoms with Crippen molar-refractivity contribution in [3.8, 4) is 0 Å². The first-order chi connectivity index (χ1) is 11.6. The summed E-state index contributed by atoms with van der Waals surface area (Å²) in [4.78, 5) is 24.3. The minimum absolute atomic E-state index is 0.0818. The molecule has 1 heterocycles. The van der Waals surface area contributed by atoms with Crippen LogP contribution in [0.3, 0.4) is 0 Å². The molecule has 3 rings (SSSR count). The first-order valence-electron chi connectivity index (χ1n) is 8.00. The minimum atomic E-state index is -0.370. The largest absolute Gasteiger partial charge is 0.355 e. The molecule has 0 spiro atoms. The van der Waals surface area contributed by atoms with Gasteiger partial charge in [0.05, 0.1) is 12.0 Å². The van der Waals surface area contributed by atoms with E-state index in [4.69, 9.17) is 11.6 Å². The monoisotopic (exact) mass is 342 g/mol. The second kappa shape index (κ2) is 7.49. The lowest BCUT2D eigenvalue weighted by atomic mass is 9.93. The molecule has 0 radical (unpaired) electrons. The summed E-state index contributed by atoms with van der Waals surface area (Å²) in [5, 5.41) is 6.54. The van der Waals surface area contributed by atoms with Crippen molar-refractivity contribution in [1.82, 2.24) is 10.6 Å². The third-order valence-corrected chi connectivity index (χ3v) is 4.50. The van der Waals surface area contributed by atoms with E-state index in [0.717, 1.165) is 17.5 Å². The molecule has 0 aliphatic carbocycles. The summed E-state index contributed by atoms with van der Waals surface area (Å²) in [7, 11) is 0. The van der Waals surface area contributed by atoms with Crippen LogP contribution in [0.1, 0.15) is 23.6 Å². The molecule has 24 heavy (non-hydrogen) atoms. The van der Waals surface area contributed by atoms with Gasteiger partial charge in [0.15, 0.2) is 0 Å². The van der Waals surface area contributed by atoms with E-state index in [0.29, 0.717) is 11.6 Å². The van der Waals surface area contributed by atoms with Crippen molar-refractivity contribution < 1.29 is 9.59 Å². The van der Waals surface area contributed by atoms with Gasteiger partial charge in [0, 0.05) is 18.0 Å². The van der Waals surface area contributed by atoms with E-state index < -0.39 is 0 Å². The normalized spacial score (nSPS) is 19.8. The quantitative estimate of drug-likeness (QED) is 0.877. The van der Waals surface area contributed by atoms with Crippen LogP contribution >= 0.6 is 11.6 Å². The van der Waals surface area contributed by atoms with Crippen LogP contribution < -0.4 is 10.6 Å². The molecule has 2 N–H and O–H groups in total. The van der Waals surface area contributed by atoms with E-state index in [9.17, 15) is 9.59 Å². The molecule has 1 fully saturated rings. The van der Waals surface area contributed by atoms with Crippen molar-refractivity contribution in [3.05, 3.63) is 70.7 Å². The van der Waals surface area contributed by atoms with Gasteiger partial charge >= 0.3 is 0 Å². The Kier molecular flexibility index (Phi) is 5.16. The molecule has 1 aliphatic heterocycles. The molecule has 2 amide bonds. The molecule has 0 saturated carbocycles. The van der Waals surface area contributed by atoms with Crippen molar-refractivity contribution >= 4 is 23.4 Å². The van der Waals surface area contributed by atoms with Gasteiger partial charge in [-0.2, -0.15) is 0 Å². The standard InChI is InChI=1S/C19H19ClN2O2/c20-15-8-6-13(7-9-15)10-11-21-19(24)16-12-17(23)22-18(16)14-4-2-1-3-5-14/h1-9,16,18H,10-12H2,(H,21,24)(H,22,23)/t16-,18+/m1/s1. The Morgan fingerprint density at radius 3 is 2.54 bits per heavy atom. The average Bonchev–Trinajstić information content (AvgIpc) is 2.99. The average molecular weight is 343 g/mol. The zero-order chi connectivity index (χ0) is 16.9. The summed E-state index contributed by atoms with van der Waals surface area (Å²) in [6.45, 7) is 0.534. The molecule has 2 atom stereocenters. The Morgan fingerprint density at radius 2 is 1.83 bits per heavy atom. The maximum atomic E-state index is 12.5. The number of hydrogen-bond donors (Lipinski definition) is 2. The van der Waals surface area contributed by atoms with Gasteiger partial charge in [-0.15, -0.1) is 0 Å². The van der Waals surface area contributed by atoms with Gasteiger partial charge in [0.1, 0.15) is 0 Å². The van der Waals surface area contributed by atoms with Crippen molar-refractivity contribution in [1.29, 1.82) is 0 Å². The highest BCUT2D eigenvalue weighted by Crippen LogP contribution is 2.30. The smallest absolute Gasteiger partial charge is 0.226 e. The first kappa shape index (κ1) is 16.5. The number of hydrogen-bond acceptors (Lipinski definition) is 2. The Labute approximate surface area is 146 Å². The van der Waals surface area contributed by atoms with Gasteiger partial charge in [0.25, 0.3) is 0 Å². The van der Waals surface area contributed by atoms with E-state index in [-0.39, 0.29) is 30.2 Å². The van der Waals surface area contributed by atoms with Gasteiger partial charge in [-0.05, 0) is 29.7 Å². The van der Waals surface area contributed by atoms with Crippen molar-refractivity contribution in [2.45, 2.75) is 18.9 Å². The number of rotatable bonds is 5. The van der Waals surface area contributed by atoms with E-state index >= 15 is 0 Å². The molecule has 0 bridgehead atoms. The predicted molar refractivity (Wildman–Crippen MR) is 93.6 cm³/mol. The number of carbonyl (C=O) groups is 2. The van der Waals surface area contributed by atoms with Crippen LogP contribution in [0, 0.1) is 5.92 Å². The Hall–Kier alpha value is -2.33. The maximum Gasteiger partial charge on any atom is 0.226 e. The number of amides is 2. The van der Waals surface area contributed by atoms with Crippen LogP contribution in [-0.4, -0.2) is 18.4 Å². The van der Waals surface area contributed by atoms with Gasteiger partial charge in [0.2, 0.25) is 11.8 Å². The molecule has 1 saturated heterocycles. The number of benzene rings is 2. The van der Waals surface area contributed by atoms with Crippen LogP contribution in [0.4, 0.5) is 0 Å². The highest BCUT2D eigenvalue weighted by molar-refractivity contribution is 6.30. The Balaban J connectivity index is 1.59. The summed E-state index contributed by atoms with van der Waals surface area (Å²) < 4.78 is 0. The van der Waals surface area contributed by atoms with E-state index in [1.54, 1.807) is 0 Å². The molecule has 1 aliphatic rings. The fraction of sp³-hybridized carbons (Fsp3) is 0.263. The Morgan fingerprint density at radius 1 is 1.12 bits per heavy atom. The highest BCUT2D eigenvalue weighted by atomic mass is 35.5. The molecule has 0 unspecified atom stereocenters. The summed E-state index contributed by atoms with van der Waals surface area (Å²) in [5.41, 5.74) is 2.07. The number of halogens is 1. The Bertz CT molecular complexity index is 716. The summed E-state index contributed by atoms with van der Waals surface area (Å²) in [6, 6.07) is 16.9. The van der Waals surface area contributed by atoms with E-state index in [1.807, 2.05) is 54.6 Å². The van der Waals surface area contributed by atoms with Gasteiger partial charge < -0.3 is 10.6 Å². The minimum Gasteiger partial charge on any atom is -0.355 e. The van der Waals surface area contributed by atoms with Crippen LogP contribution in [0.5, 0.6) is 0 Å². The van der Waals surface area contributed by atoms with Crippen molar-refractivity contribution in [2.24, 2.45) is 5.92 Å². The van der Waals surface area contributed by atoms with E-state index in [1.165, 1.54) is 0 Å². The van der Waals surface area contributed by atoms with Crippen LogP contribution in [0.2, 0.25) is 5.02 Å². The molecule has 2 aromatic rings. The van der Waals surface area contributed by atoms with Crippen molar-refractivity contribution in [2.75, 3.05) is 6.54 Å². The maximum absolute atomic E-state index is 12.5. The lowest BCUT2D eigenvalue weighted by molar-refractivity contribution is -0.126. The molecular weight excluding hydrogens is 324 g/mol. The van der Waals surface area contributed by atoms with Gasteiger partial charge in [-0.25, -0.2) is 0 Å². The van der Waals surface area contributed by atoms with Crippen LogP contribution in [-0.2, 0) is 16.0 Å². The molecule has 4 nitrogen and oxygen atoms in total. The predicted octanol–water partition coefficient (Wildman–Crippen LogP) is 2.88. The fourth-order valence-electron chi connectivity index (χ4n) is 2.98. The zero-order valence-electron chi connectivity index (χ0n) is 13.2. The number of nitrogens with one attached hydrogen (secondary N) is 2. The topological polar surface area (TPSA) is 58.2 Å².